The molecule has 116 valence electrons. The number of nitrogens with one attached hydrogen (secondary N) is 2. The van der Waals surface area contributed by atoms with Gasteiger partial charge in [-0.1, -0.05) is 13.3 Å². The Morgan fingerprint density at radius 3 is 2.62 bits per heavy atom. The molecule has 0 saturated carbocycles. The van der Waals surface area contributed by atoms with Crippen molar-refractivity contribution < 1.29 is 4.79 Å². The summed E-state index contributed by atoms with van der Waals surface area (Å²) in [5.74, 6) is 5.82. The molecule has 2 unspecified atom stereocenters. The number of pyridine rings is 1. The van der Waals surface area contributed by atoms with E-state index in [1.807, 2.05) is 13.0 Å². The van der Waals surface area contributed by atoms with Gasteiger partial charge in [-0.05, 0) is 45.2 Å². The van der Waals surface area contributed by atoms with Crippen molar-refractivity contribution in [3.05, 3.63) is 23.4 Å². The highest BCUT2D eigenvalue weighted by Crippen LogP contribution is 2.21. The molecule has 0 aromatic carbocycles. The maximum Gasteiger partial charge on any atom is 0.265 e. The van der Waals surface area contributed by atoms with Crippen LogP contribution in [0.25, 0.3) is 0 Å². The number of carbonyl (C=O) groups excluding carboxylic acids is 1. The first-order valence-corrected chi connectivity index (χ1v) is 7.62. The summed E-state index contributed by atoms with van der Waals surface area (Å²) in [4.78, 5) is 16.8. The van der Waals surface area contributed by atoms with Crippen molar-refractivity contribution in [1.29, 1.82) is 0 Å². The van der Waals surface area contributed by atoms with Gasteiger partial charge in [0, 0.05) is 23.3 Å². The molecule has 6 nitrogen and oxygen atoms in total. The highest BCUT2D eigenvalue weighted by atomic mass is 16.2. The average molecular weight is 291 g/mol. The van der Waals surface area contributed by atoms with Crippen molar-refractivity contribution in [2.45, 2.75) is 58.5 Å². The molecule has 6 heteroatoms. The second-order valence-corrected chi connectivity index (χ2v) is 5.71. The molecule has 1 aliphatic heterocycles. The van der Waals surface area contributed by atoms with Gasteiger partial charge in [0.2, 0.25) is 0 Å². The first kappa shape index (κ1) is 15.7. The van der Waals surface area contributed by atoms with Crippen LogP contribution in [0, 0.1) is 0 Å². The van der Waals surface area contributed by atoms with E-state index in [-0.39, 0.29) is 5.91 Å². The average Bonchev–Trinajstić information content (AvgIpc) is 2.50. The van der Waals surface area contributed by atoms with Crippen molar-refractivity contribution in [2.24, 2.45) is 5.84 Å². The van der Waals surface area contributed by atoms with Gasteiger partial charge >= 0.3 is 0 Å². The Bertz CT molecular complexity index is 473. The van der Waals surface area contributed by atoms with E-state index in [1.165, 1.54) is 6.42 Å². The van der Waals surface area contributed by atoms with Gasteiger partial charge in [0.05, 0.1) is 0 Å². The van der Waals surface area contributed by atoms with E-state index < -0.39 is 0 Å². The molecule has 1 amide bonds. The monoisotopic (exact) mass is 291 g/mol. The number of rotatable bonds is 4. The van der Waals surface area contributed by atoms with Crippen LogP contribution in [0.3, 0.4) is 0 Å². The summed E-state index contributed by atoms with van der Waals surface area (Å²) in [6.45, 7) is 6.29. The molecular weight excluding hydrogens is 266 g/mol. The fourth-order valence-electron chi connectivity index (χ4n) is 2.80. The molecule has 1 aromatic heterocycles. The fourth-order valence-corrected chi connectivity index (χ4v) is 2.80. The van der Waals surface area contributed by atoms with Crippen LogP contribution in [-0.4, -0.2) is 28.0 Å². The highest BCUT2D eigenvalue weighted by Gasteiger charge is 2.26. The van der Waals surface area contributed by atoms with Crippen LogP contribution < -0.4 is 16.7 Å². The molecule has 4 N–H and O–H groups in total. The topological polar surface area (TPSA) is 83.3 Å². The predicted molar refractivity (Wildman–Crippen MR) is 83.5 cm³/mol. The fraction of sp³-hybridized carbons (Fsp3) is 0.600. The molecule has 0 bridgehead atoms. The summed E-state index contributed by atoms with van der Waals surface area (Å²) in [7, 11) is 0. The number of hydrogen-bond acceptors (Lipinski definition) is 5. The lowest BCUT2D eigenvalue weighted by Crippen LogP contribution is -2.54. The van der Waals surface area contributed by atoms with Crippen LogP contribution in [0.1, 0.15) is 56.1 Å². The van der Waals surface area contributed by atoms with Crippen molar-refractivity contribution in [3.63, 3.8) is 0 Å². The standard InChI is InChI=1S/C15H25N5O/c1-4-13-8-12(9-14(17-13)18-16)15(21)19-20-10(2)6-5-7-11(20)3/h8-11H,4-7,16H2,1-3H3,(H,17,18)(H,19,21). The van der Waals surface area contributed by atoms with Crippen LogP contribution in [0.15, 0.2) is 12.1 Å². The zero-order chi connectivity index (χ0) is 15.4. The molecule has 1 aliphatic rings. The smallest absolute Gasteiger partial charge is 0.265 e. The first-order valence-electron chi connectivity index (χ1n) is 7.62. The number of amides is 1. The largest absolute Gasteiger partial charge is 0.308 e. The molecule has 1 fully saturated rings. The lowest BCUT2D eigenvalue weighted by Gasteiger charge is -2.38. The van der Waals surface area contributed by atoms with E-state index >= 15 is 0 Å². The van der Waals surface area contributed by atoms with Crippen molar-refractivity contribution >= 4 is 11.7 Å². The van der Waals surface area contributed by atoms with Crippen molar-refractivity contribution in [2.75, 3.05) is 5.43 Å². The third-order valence-corrected chi connectivity index (χ3v) is 4.07. The summed E-state index contributed by atoms with van der Waals surface area (Å²) in [6, 6.07) is 4.21. The van der Waals surface area contributed by atoms with Gasteiger partial charge in [0.25, 0.3) is 5.91 Å². The second-order valence-electron chi connectivity index (χ2n) is 5.71. The van der Waals surface area contributed by atoms with E-state index in [1.54, 1.807) is 6.07 Å². The van der Waals surface area contributed by atoms with Crippen molar-refractivity contribution in [1.82, 2.24) is 15.4 Å². The number of aryl methyl sites for hydroxylation is 1. The normalized spacial score (nSPS) is 22.9. The molecule has 0 aliphatic carbocycles. The third kappa shape index (κ3) is 3.71. The van der Waals surface area contributed by atoms with Gasteiger partial charge in [0.1, 0.15) is 5.82 Å². The Hall–Kier alpha value is -1.66. The zero-order valence-electron chi connectivity index (χ0n) is 13.0. The van der Waals surface area contributed by atoms with E-state index in [0.29, 0.717) is 23.5 Å². The van der Waals surface area contributed by atoms with Crippen LogP contribution >= 0.6 is 0 Å². The number of aromatic nitrogens is 1. The van der Waals surface area contributed by atoms with Gasteiger partial charge in [-0.3, -0.25) is 10.2 Å². The minimum atomic E-state index is -0.107. The van der Waals surface area contributed by atoms with Crippen LogP contribution in [0.4, 0.5) is 5.82 Å². The van der Waals surface area contributed by atoms with Crippen LogP contribution in [0.5, 0.6) is 0 Å². The molecule has 1 aromatic rings. The molecule has 2 atom stereocenters. The van der Waals surface area contributed by atoms with Crippen LogP contribution in [0.2, 0.25) is 0 Å². The second kappa shape index (κ2) is 6.87. The highest BCUT2D eigenvalue weighted by molar-refractivity contribution is 5.94. The summed E-state index contributed by atoms with van der Waals surface area (Å²) >= 11 is 0. The first-order chi connectivity index (χ1) is 10.0. The van der Waals surface area contributed by atoms with Gasteiger partial charge in [-0.2, -0.15) is 0 Å². The van der Waals surface area contributed by atoms with E-state index in [4.69, 9.17) is 5.84 Å². The molecule has 1 saturated heterocycles. The van der Waals surface area contributed by atoms with Gasteiger partial charge in [-0.15, -0.1) is 0 Å². The number of piperidine rings is 1. The number of hydrazine groups is 2. The Morgan fingerprint density at radius 2 is 2.05 bits per heavy atom. The lowest BCUT2D eigenvalue weighted by atomic mass is 10.00. The van der Waals surface area contributed by atoms with E-state index in [9.17, 15) is 4.79 Å². The Labute approximate surface area is 126 Å². The summed E-state index contributed by atoms with van der Waals surface area (Å²) in [5.41, 5.74) is 6.97. The molecule has 0 spiro atoms. The Kier molecular flexibility index (Phi) is 5.14. The summed E-state index contributed by atoms with van der Waals surface area (Å²) in [6.07, 6.45) is 4.19. The number of nitrogens with zero attached hydrogens (tertiary/aromatic N) is 2. The third-order valence-electron chi connectivity index (χ3n) is 4.07. The molecule has 21 heavy (non-hydrogen) atoms. The Balaban J connectivity index is 2.15. The molecule has 2 rings (SSSR count). The maximum atomic E-state index is 12.5. The quantitative estimate of drug-likeness (QED) is 0.582. The number of hydrogen-bond donors (Lipinski definition) is 3. The number of anilines is 1. The predicted octanol–water partition coefficient (Wildman–Crippen LogP) is 1.84. The van der Waals surface area contributed by atoms with Crippen LogP contribution in [-0.2, 0) is 6.42 Å². The molecule has 0 radical (unpaired) electrons. The lowest BCUT2D eigenvalue weighted by molar-refractivity contribution is 0.0369. The number of nitrogens with two attached hydrogens (primary N) is 1. The van der Waals surface area contributed by atoms with Gasteiger partial charge < -0.3 is 5.43 Å². The summed E-state index contributed by atoms with van der Waals surface area (Å²) in [5, 5.41) is 2.06. The van der Waals surface area contributed by atoms with Gasteiger partial charge in [0.15, 0.2) is 0 Å². The molecule has 2 heterocycles. The minimum Gasteiger partial charge on any atom is -0.308 e. The molecular formula is C15H25N5O. The van der Waals surface area contributed by atoms with Gasteiger partial charge in [-0.25, -0.2) is 15.8 Å². The Morgan fingerprint density at radius 1 is 1.38 bits per heavy atom. The SMILES string of the molecule is CCc1cc(C(=O)NN2C(C)CCCC2C)cc(NN)n1. The number of nitrogen functional groups attached to an aromatic ring is 1. The van der Waals surface area contributed by atoms with E-state index in [2.05, 4.69) is 34.7 Å². The summed E-state index contributed by atoms with van der Waals surface area (Å²) < 4.78 is 0. The van der Waals surface area contributed by atoms with Crippen molar-refractivity contribution in [3.8, 4) is 0 Å². The number of carbonyl (C=O) groups is 1. The maximum absolute atomic E-state index is 12.5. The minimum absolute atomic E-state index is 0.107. The zero-order valence-corrected chi connectivity index (χ0v) is 13.0. The van der Waals surface area contributed by atoms with E-state index in [0.717, 1.165) is 25.0 Å².